The summed E-state index contributed by atoms with van der Waals surface area (Å²) in [4.78, 5) is 25.2. The van der Waals surface area contributed by atoms with Gasteiger partial charge < -0.3 is 10.2 Å². The molecule has 2 amide bonds. The Morgan fingerprint density at radius 1 is 1.15 bits per heavy atom. The van der Waals surface area contributed by atoms with E-state index < -0.39 is 0 Å². The average molecular weight is 294 g/mol. The van der Waals surface area contributed by atoms with Gasteiger partial charge in [0.25, 0.3) is 0 Å². The highest BCUT2D eigenvalue weighted by Crippen LogP contribution is 2.08. The number of carbonyl (C=O) groups is 2. The van der Waals surface area contributed by atoms with Gasteiger partial charge >= 0.3 is 0 Å². The molecule has 0 aliphatic heterocycles. The van der Waals surface area contributed by atoms with Crippen LogP contribution < -0.4 is 5.32 Å². The standard InChI is InChI=1S/C15H22N2O2S/c1-3-17(4-2)15(19)10-11-20-12-14(18)16-13-8-6-5-7-9-13/h5-9H,3-4,10-12H2,1-2H3,(H,16,18). The molecule has 1 aromatic rings. The summed E-state index contributed by atoms with van der Waals surface area (Å²) in [6.07, 6.45) is 0.491. The molecular formula is C15H22N2O2S. The minimum atomic E-state index is -0.0310. The second-order valence-electron chi connectivity index (χ2n) is 4.28. The molecule has 5 heteroatoms. The molecular weight excluding hydrogens is 272 g/mol. The molecule has 1 aromatic carbocycles. The van der Waals surface area contributed by atoms with E-state index in [1.165, 1.54) is 11.8 Å². The van der Waals surface area contributed by atoms with E-state index in [0.717, 1.165) is 18.8 Å². The molecule has 4 nitrogen and oxygen atoms in total. The van der Waals surface area contributed by atoms with Crippen LogP contribution >= 0.6 is 11.8 Å². The number of carbonyl (C=O) groups excluding carboxylic acids is 2. The maximum absolute atomic E-state index is 11.8. The van der Waals surface area contributed by atoms with Gasteiger partial charge in [-0.3, -0.25) is 9.59 Å². The number of anilines is 1. The van der Waals surface area contributed by atoms with Crippen LogP contribution in [-0.2, 0) is 9.59 Å². The normalized spacial score (nSPS) is 10.1. The summed E-state index contributed by atoms with van der Waals surface area (Å²) < 4.78 is 0. The molecule has 0 aliphatic rings. The van der Waals surface area contributed by atoms with Gasteiger partial charge in [-0.15, -0.1) is 0 Å². The molecule has 110 valence electrons. The van der Waals surface area contributed by atoms with Crippen LogP contribution in [0.25, 0.3) is 0 Å². The molecule has 0 heterocycles. The Balaban J connectivity index is 2.18. The minimum absolute atomic E-state index is 0.0310. The highest BCUT2D eigenvalue weighted by molar-refractivity contribution is 7.99. The number of benzene rings is 1. The number of rotatable bonds is 8. The molecule has 0 saturated carbocycles. The zero-order chi connectivity index (χ0) is 14.8. The zero-order valence-electron chi connectivity index (χ0n) is 12.1. The van der Waals surface area contributed by atoms with Crippen molar-refractivity contribution in [1.82, 2.24) is 4.90 Å². The number of para-hydroxylation sites is 1. The Bertz CT molecular complexity index is 419. The monoisotopic (exact) mass is 294 g/mol. The first-order valence-corrected chi connectivity index (χ1v) is 8.03. The third kappa shape index (κ3) is 6.10. The molecule has 0 unspecified atom stereocenters. The Kier molecular flexibility index (Phi) is 7.80. The second-order valence-corrected chi connectivity index (χ2v) is 5.39. The Morgan fingerprint density at radius 2 is 1.80 bits per heavy atom. The summed E-state index contributed by atoms with van der Waals surface area (Å²) >= 11 is 1.49. The topological polar surface area (TPSA) is 49.4 Å². The molecule has 0 fully saturated rings. The molecule has 0 atom stereocenters. The fraction of sp³-hybridized carbons (Fsp3) is 0.467. The van der Waals surface area contributed by atoms with Crippen molar-refractivity contribution in [1.29, 1.82) is 0 Å². The summed E-state index contributed by atoms with van der Waals surface area (Å²) in [5.41, 5.74) is 0.803. The number of hydrogen-bond donors (Lipinski definition) is 1. The van der Waals surface area contributed by atoms with Gasteiger partial charge in [0, 0.05) is 31.0 Å². The molecule has 0 bridgehead atoms. The number of nitrogens with zero attached hydrogens (tertiary/aromatic N) is 1. The lowest BCUT2D eigenvalue weighted by Gasteiger charge is -2.18. The fourth-order valence-corrected chi connectivity index (χ4v) is 2.50. The molecule has 0 spiro atoms. The smallest absolute Gasteiger partial charge is 0.234 e. The molecule has 0 aromatic heterocycles. The lowest BCUT2D eigenvalue weighted by Crippen LogP contribution is -2.30. The summed E-state index contributed by atoms with van der Waals surface area (Å²) in [7, 11) is 0. The maximum atomic E-state index is 11.8. The molecule has 0 radical (unpaired) electrons. The van der Waals surface area contributed by atoms with Crippen LogP contribution in [0.5, 0.6) is 0 Å². The molecule has 0 aliphatic carbocycles. The SMILES string of the molecule is CCN(CC)C(=O)CCSCC(=O)Nc1ccccc1. The predicted molar refractivity (Wildman–Crippen MR) is 84.9 cm³/mol. The average Bonchev–Trinajstić information content (AvgIpc) is 2.46. The van der Waals surface area contributed by atoms with Crippen molar-refractivity contribution in [3.05, 3.63) is 30.3 Å². The number of hydrogen-bond acceptors (Lipinski definition) is 3. The van der Waals surface area contributed by atoms with Gasteiger partial charge in [0.15, 0.2) is 0 Å². The first kappa shape index (κ1) is 16.6. The Labute approximate surface area is 124 Å². The van der Waals surface area contributed by atoms with Gasteiger partial charge in [-0.1, -0.05) is 18.2 Å². The van der Waals surface area contributed by atoms with Gasteiger partial charge in [0.1, 0.15) is 0 Å². The van der Waals surface area contributed by atoms with Crippen LogP contribution in [0.2, 0.25) is 0 Å². The lowest BCUT2D eigenvalue weighted by molar-refractivity contribution is -0.130. The number of nitrogens with one attached hydrogen (secondary N) is 1. The highest BCUT2D eigenvalue weighted by atomic mass is 32.2. The Hall–Kier alpha value is -1.49. The number of thioether (sulfide) groups is 1. The van der Waals surface area contributed by atoms with E-state index in [9.17, 15) is 9.59 Å². The molecule has 1 rings (SSSR count). The van der Waals surface area contributed by atoms with Crippen molar-refractivity contribution in [2.24, 2.45) is 0 Å². The lowest BCUT2D eigenvalue weighted by atomic mass is 10.3. The van der Waals surface area contributed by atoms with E-state index in [-0.39, 0.29) is 11.8 Å². The van der Waals surface area contributed by atoms with Crippen molar-refractivity contribution in [3.8, 4) is 0 Å². The predicted octanol–water partition coefficient (Wildman–Crippen LogP) is 2.62. The molecule has 20 heavy (non-hydrogen) atoms. The highest BCUT2D eigenvalue weighted by Gasteiger charge is 2.09. The first-order chi connectivity index (χ1) is 9.67. The summed E-state index contributed by atoms with van der Waals surface area (Å²) in [6, 6.07) is 9.37. The third-order valence-electron chi connectivity index (χ3n) is 2.87. The van der Waals surface area contributed by atoms with Crippen molar-refractivity contribution in [3.63, 3.8) is 0 Å². The molecule has 1 N–H and O–H groups in total. The van der Waals surface area contributed by atoms with E-state index in [0.29, 0.717) is 17.9 Å². The van der Waals surface area contributed by atoms with Crippen LogP contribution in [0, 0.1) is 0 Å². The van der Waals surface area contributed by atoms with Crippen LogP contribution in [0.4, 0.5) is 5.69 Å². The van der Waals surface area contributed by atoms with Gasteiger partial charge in [0.05, 0.1) is 5.75 Å². The summed E-state index contributed by atoms with van der Waals surface area (Å²) in [6.45, 7) is 5.44. The van der Waals surface area contributed by atoms with Crippen LogP contribution in [0.3, 0.4) is 0 Å². The van der Waals surface area contributed by atoms with Crippen LogP contribution in [-0.4, -0.2) is 41.3 Å². The quantitative estimate of drug-likeness (QED) is 0.750. The van der Waals surface area contributed by atoms with Crippen molar-refractivity contribution < 1.29 is 9.59 Å². The van der Waals surface area contributed by atoms with E-state index in [4.69, 9.17) is 0 Å². The van der Waals surface area contributed by atoms with Gasteiger partial charge in [0.2, 0.25) is 11.8 Å². The number of amides is 2. The largest absolute Gasteiger partial charge is 0.343 e. The van der Waals surface area contributed by atoms with Gasteiger partial charge in [-0.2, -0.15) is 11.8 Å². The van der Waals surface area contributed by atoms with Crippen molar-refractivity contribution >= 4 is 29.3 Å². The van der Waals surface area contributed by atoms with E-state index in [2.05, 4.69) is 5.32 Å². The van der Waals surface area contributed by atoms with Crippen LogP contribution in [0.15, 0.2) is 30.3 Å². The third-order valence-corrected chi connectivity index (χ3v) is 3.83. The maximum Gasteiger partial charge on any atom is 0.234 e. The van der Waals surface area contributed by atoms with E-state index >= 15 is 0 Å². The Morgan fingerprint density at radius 3 is 2.40 bits per heavy atom. The van der Waals surface area contributed by atoms with E-state index in [1.54, 1.807) is 0 Å². The minimum Gasteiger partial charge on any atom is -0.343 e. The second kappa shape index (κ2) is 9.42. The molecule has 0 saturated heterocycles. The summed E-state index contributed by atoms with van der Waals surface area (Å²) in [5, 5.41) is 2.82. The van der Waals surface area contributed by atoms with Crippen molar-refractivity contribution in [2.45, 2.75) is 20.3 Å². The van der Waals surface area contributed by atoms with Gasteiger partial charge in [-0.05, 0) is 26.0 Å². The summed E-state index contributed by atoms with van der Waals surface area (Å²) in [5.74, 6) is 1.18. The van der Waals surface area contributed by atoms with Crippen LogP contribution in [0.1, 0.15) is 20.3 Å². The van der Waals surface area contributed by atoms with Crippen molar-refractivity contribution in [2.75, 3.05) is 29.9 Å². The van der Waals surface area contributed by atoms with E-state index in [1.807, 2.05) is 49.1 Å². The zero-order valence-corrected chi connectivity index (χ0v) is 12.9. The fourth-order valence-electron chi connectivity index (χ4n) is 1.78. The van der Waals surface area contributed by atoms with Gasteiger partial charge in [-0.25, -0.2) is 0 Å². The first-order valence-electron chi connectivity index (χ1n) is 6.87.